The van der Waals surface area contributed by atoms with Crippen molar-refractivity contribution in [2.75, 3.05) is 13.1 Å². The number of nitrogens with one attached hydrogen (secondary N) is 1. The van der Waals surface area contributed by atoms with Crippen molar-refractivity contribution in [3.05, 3.63) is 17.7 Å². The first-order valence-electron chi connectivity index (χ1n) is 5.87. The minimum Gasteiger partial charge on any atom is -0.331 e. The van der Waals surface area contributed by atoms with E-state index in [0.29, 0.717) is 6.04 Å². The second kappa shape index (κ2) is 5.91. The summed E-state index contributed by atoms with van der Waals surface area (Å²) >= 11 is 0. The van der Waals surface area contributed by atoms with Gasteiger partial charge in [0.1, 0.15) is 0 Å². The lowest BCUT2D eigenvalue weighted by molar-refractivity contribution is 0.481. The average molecular weight is 209 g/mol. The van der Waals surface area contributed by atoms with Crippen LogP contribution in [0, 0.1) is 13.8 Å². The van der Waals surface area contributed by atoms with Crippen LogP contribution in [0.4, 0.5) is 0 Å². The standard InChI is InChI=1S/C12H23N3/c1-5-6-7-13-8-10(2)15-9-14-11(3)12(15)4/h9-10,13H,5-8H2,1-4H3. The molecule has 1 heterocycles. The molecule has 0 saturated carbocycles. The molecule has 0 bridgehead atoms. The molecule has 0 radical (unpaired) electrons. The predicted molar refractivity (Wildman–Crippen MR) is 64.2 cm³/mol. The van der Waals surface area contributed by atoms with E-state index >= 15 is 0 Å². The Hall–Kier alpha value is -0.830. The van der Waals surface area contributed by atoms with E-state index in [1.165, 1.54) is 18.5 Å². The number of imidazole rings is 1. The van der Waals surface area contributed by atoms with Gasteiger partial charge in [0, 0.05) is 18.3 Å². The average Bonchev–Trinajstić information content (AvgIpc) is 2.55. The molecule has 0 fully saturated rings. The lowest BCUT2D eigenvalue weighted by Crippen LogP contribution is -2.24. The van der Waals surface area contributed by atoms with Gasteiger partial charge >= 0.3 is 0 Å². The second-order valence-corrected chi connectivity index (χ2v) is 4.23. The Morgan fingerprint density at radius 3 is 2.73 bits per heavy atom. The number of aromatic nitrogens is 2. The van der Waals surface area contributed by atoms with Crippen molar-refractivity contribution in [1.29, 1.82) is 0 Å². The van der Waals surface area contributed by atoms with Gasteiger partial charge in [-0.2, -0.15) is 0 Å². The highest BCUT2D eigenvalue weighted by atomic mass is 15.1. The second-order valence-electron chi connectivity index (χ2n) is 4.23. The Bertz CT molecular complexity index is 291. The fourth-order valence-electron chi connectivity index (χ4n) is 1.67. The maximum absolute atomic E-state index is 4.32. The van der Waals surface area contributed by atoms with Crippen molar-refractivity contribution in [2.45, 2.75) is 46.6 Å². The van der Waals surface area contributed by atoms with E-state index in [0.717, 1.165) is 18.8 Å². The minimum absolute atomic E-state index is 0.489. The molecule has 0 aliphatic rings. The van der Waals surface area contributed by atoms with Gasteiger partial charge in [-0.3, -0.25) is 0 Å². The van der Waals surface area contributed by atoms with Crippen molar-refractivity contribution < 1.29 is 0 Å². The lowest BCUT2D eigenvalue weighted by atomic mass is 10.3. The molecular formula is C12H23N3. The van der Waals surface area contributed by atoms with Crippen molar-refractivity contribution >= 4 is 0 Å². The van der Waals surface area contributed by atoms with Crippen LogP contribution >= 0.6 is 0 Å². The van der Waals surface area contributed by atoms with E-state index in [2.05, 4.69) is 42.6 Å². The largest absolute Gasteiger partial charge is 0.331 e. The molecule has 0 amide bonds. The number of rotatable bonds is 6. The molecule has 3 nitrogen and oxygen atoms in total. The molecule has 0 aliphatic carbocycles. The molecule has 1 unspecified atom stereocenters. The van der Waals surface area contributed by atoms with Gasteiger partial charge in [-0.05, 0) is 33.7 Å². The van der Waals surface area contributed by atoms with Crippen LogP contribution in [-0.2, 0) is 0 Å². The first-order valence-corrected chi connectivity index (χ1v) is 5.87. The van der Waals surface area contributed by atoms with E-state index in [1.54, 1.807) is 0 Å². The molecule has 0 saturated heterocycles. The van der Waals surface area contributed by atoms with Crippen LogP contribution in [0.2, 0.25) is 0 Å². The van der Waals surface area contributed by atoms with E-state index in [1.807, 2.05) is 6.33 Å². The van der Waals surface area contributed by atoms with Gasteiger partial charge < -0.3 is 9.88 Å². The van der Waals surface area contributed by atoms with Crippen LogP contribution in [-0.4, -0.2) is 22.6 Å². The summed E-state index contributed by atoms with van der Waals surface area (Å²) in [4.78, 5) is 4.32. The topological polar surface area (TPSA) is 29.9 Å². The Labute approximate surface area is 92.9 Å². The molecule has 0 aromatic carbocycles. The zero-order chi connectivity index (χ0) is 11.3. The molecule has 15 heavy (non-hydrogen) atoms. The first kappa shape index (κ1) is 12.2. The maximum atomic E-state index is 4.32. The van der Waals surface area contributed by atoms with Gasteiger partial charge in [0.05, 0.1) is 12.0 Å². The maximum Gasteiger partial charge on any atom is 0.0954 e. The quantitative estimate of drug-likeness (QED) is 0.729. The van der Waals surface area contributed by atoms with Gasteiger partial charge in [-0.1, -0.05) is 13.3 Å². The molecule has 1 aromatic rings. The van der Waals surface area contributed by atoms with Crippen LogP contribution in [0.5, 0.6) is 0 Å². The highest BCUT2D eigenvalue weighted by Crippen LogP contribution is 2.11. The summed E-state index contributed by atoms with van der Waals surface area (Å²) in [6, 6.07) is 0.489. The van der Waals surface area contributed by atoms with E-state index in [9.17, 15) is 0 Å². The fraction of sp³-hybridized carbons (Fsp3) is 0.750. The van der Waals surface area contributed by atoms with Crippen molar-refractivity contribution in [2.24, 2.45) is 0 Å². The van der Waals surface area contributed by atoms with Gasteiger partial charge in [-0.25, -0.2) is 4.98 Å². The summed E-state index contributed by atoms with van der Waals surface area (Å²) in [5.74, 6) is 0. The highest BCUT2D eigenvalue weighted by molar-refractivity contribution is 5.09. The Balaban J connectivity index is 2.40. The number of hydrogen-bond donors (Lipinski definition) is 1. The van der Waals surface area contributed by atoms with Gasteiger partial charge in [0.2, 0.25) is 0 Å². The predicted octanol–water partition coefficient (Wildman–Crippen LogP) is 2.45. The monoisotopic (exact) mass is 209 g/mol. The normalized spacial score (nSPS) is 13.1. The lowest BCUT2D eigenvalue weighted by Gasteiger charge is -2.16. The first-order chi connectivity index (χ1) is 7.16. The third-order valence-electron chi connectivity index (χ3n) is 2.91. The minimum atomic E-state index is 0.489. The van der Waals surface area contributed by atoms with Gasteiger partial charge in [-0.15, -0.1) is 0 Å². The Morgan fingerprint density at radius 1 is 1.47 bits per heavy atom. The van der Waals surface area contributed by atoms with Crippen molar-refractivity contribution in [1.82, 2.24) is 14.9 Å². The van der Waals surface area contributed by atoms with Gasteiger partial charge in [0.25, 0.3) is 0 Å². The molecule has 1 rings (SSSR count). The number of hydrogen-bond acceptors (Lipinski definition) is 2. The zero-order valence-corrected chi connectivity index (χ0v) is 10.4. The summed E-state index contributed by atoms with van der Waals surface area (Å²) in [6.07, 6.45) is 4.45. The van der Waals surface area contributed by atoms with Crippen LogP contribution in [0.15, 0.2) is 6.33 Å². The highest BCUT2D eigenvalue weighted by Gasteiger charge is 2.08. The van der Waals surface area contributed by atoms with E-state index in [-0.39, 0.29) is 0 Å². The van der Waals surface area contributed by atoms with Crippen LogP contribution < -0.4 is 5.32 Å². The molecule has 1 N–H and O–H groups in total. The number of nitrogens with zero attached hydrogens (tertiary/aromatic N) is 2. The fourth-order valence-corrected chi connectivity index (χ4v) is 1.67. The summed E-state index contributed by atoms with van der Waals surface area (Å²) in [5, 5.41) is 3.47. The van der Waals surface area contributed by atoms with Crippen molar-refractivity contribution in [3.63, 3.8) is 0 Å². The SMILES string of the molecule is CCCCNCC(C)n1cnc(C)c1C. The molecular weight excluding hydrogens is 186 g/mol. The molecule has 0 aliphatic heterocycles. The zero-order valence-electron chi connectivity index (χ0n) is 10.4. The Morgan fingerprint density at radius 2 is 2.20 bits per heavy atom. The van der Waals surface area contributed by atoms with E-state index in [4.69, 9.17) is 0 Å². The molecule has 1 atom stereocenters. The van der Waals surface area contributed by atoms with Crippen molar-refractivity contribution in [3.8, 4) is 0 Å². The Kier molecular flexibility index (Phi) is 4.82. The molecule has 3 heteroatoms. The van der Waals surface area contributed by atoms with E-state index < -0.39 is 0 Å². The third-order valence-corrected chi connectivity index (χ3v) is 2.91. The summed E-state index contributed by atoms with van der Waals surface area (Å²) in [5.41, 5.74) is 2.41. The van der Waals surface area contributed by atoms with Crippen LogP contribution in [0.25, 0.3) is 0 Å². The number of aryl methyl sites for hydroxylation is 1. The van der Waals surface area contributed by atoms with Crippen LogP contribution in [0.3, 0.4) is 0 Å². The third kappa shape index (κ3) is 3.34. The molecule has 0 spiro atoms. The summed E-state index contributed by atoms with van der Waals surface area (Å²) in [7, 11) is 0. The molecule has 1 aromatic heterocycles. The summed E-state index contributed by atoms with van der Waals surface area (Å²) in [6.45, 7) is 10.8. The molecule has 86 valence electrons. The number of unbranched alkanes of at least 4 members (excludes halogenated alkanes) is 1. The van der Waals surface area contributed by atoms with Gasteiger partial charge in [0.15, 0.2) is 0 Å². The summed E-state index contributed by atoms with van der Waals surface area (Å²) < 4.78 is 2.24. The van der Waals surface area contributed by atoms with Crippen LogP contribution in [0.1, 0.15) is 44.1 Å². The smallest absolute Gasteiger partial charge is 0.0954 e.